The first-order chi connectivity index (χ1) is 22.7. The van der Waals surface area contributed by atoms with Crippen molar-refractivity contribution in [1.29, 1.82) is 0 Å². The van der Waals surface area contributed by atoms with E-state index < -0.39 is 16.4 Å². The fourth-order valence-electron chi connectivity index (χ4n) is 13.7. The van der Waals surface area contributed by atoms with E-state index in [0.29, 0.717) is 23.5 Å². The minimum Gasteiger partial charge on any atom is -0.393 e. The summed E-state index contributed by atoms with van der Waals surface area (Å²) in [6, 6.07) is 21.6. The summed E-state index contributed by atoms with van der Waals surface area (Å²) in [4.78, 5) is 34.3. The van der Waals surface area contributed by atoms with E-state index in [4.69, 9.17) is 0 Å². The van der Waals surface area contributed by atoms with E-state index in [1.54, 1.807) is 0 Å². The van der Waals surface area contributed by atoms with Gasteiger partial charge in [-0.05, 0) is 114 Å². The number of aliphatic hydroxyl groups is 1. The van der Waals surface area contributed by atoms with Gasteiger partial charge >= 0.3 is 0 Å². The van der Waals surface area contributed by atoms with Crippen molar-refractivity contribution in [2.75, 3.05) is 11.6 Å². The van der Waals surface area contributed by atoms with Gasteiger partial charge in [0.2, 0.25) is 0 Å². The van der Waals surface area contributed by atoms with Gasteiger partial charge in [0.25, 0.3) is 0 Å². The summed E-state index contributed by atoms with van der Waals surface area (Å²) in [5.74, 6) is 4.10. The van der Waals surface area contributed by atoms with Gasteiger partial charge in [-0.2, -0.15) is 0 Å². The number of hydrogen-bond donors (Lipinski definition) is 1. The smallest absolute Gasteiger partial charge is 0.189 e. The molecule has 6 fully saturated rings. The minimum atomic E-state index is -0.995. The zero-order valence-electron chi connectivity index (χ0n) is 27.4. The maximum Gasteiger partial charge on any atom is 0.189 e. The number of fused-ring (bicyclic) bond motifs is 9. The zero-order chi connectivity index (χ0) is 32.1. The largest absolute Gasteiger partial charge is 0.393 e. The van der Waals surface area contributed by atoms with Crippen LogP contribution >= 0.6 is 27.7 Å². The Labute approximate surface area is 290 Å². The molecular formula is C41H44BrNO3S. The molecule has 1 N–H and O–H groups in total. The van der Waals surface area contributed by atoms with Crippen molar-refractivity contribution in [3.05, 3.63) is 81.8 Å². The molecule has 0 unspecified atom stereocenters. The second-order valence-corrected chi connectivity index (χ2v) is 18.8. The molecule has 47 heavy (non-hydrogen) atoms. The molecule has 10 rings (SSSR count). The lowest BCUT2D eigenvalue weighted by atomic mass is 9.45. The Morgan fingerprint density at radius 2 is 1.70 bits per heavy atom. The fourth-order valence-corrected chi connectivity index (χ4v) is 15.3. The Bertz CT molecular complexity index is 1860. The topological polar surface area (TPSA) is 57.6 Å². The number of Topliss-reactive ketones (excluding diaryl/α,β-unsaturated/α-hetero) is 2. The van der Waals surface area contributed by atoms with Crippen molar-refractivity contribution in [1.82, 2.24) is 4.90 Å². The second kappa shape index (κ2) is 9.83. The van der Waals surface area contributed by atoms with Gasteiger partial charge in [0.05, 0.1) is 11.5 Å². The van der Waals surface area contributed by atoms with Crippen molar-refractivity contribution in [3.63, 3.8) is 0 Å². The van der Waals surface area contributed by atoms with Crippen LogP contribution in [0.3, 0.4) is 0 Å². The molecule has 7 aliphatic rings. The predicted octanol–water partition coefficient (Wildman–Crippen LogP) is 8.74. The van der Waals surface area contributed by atoms with Gasteiger partial charge in [-0.25, -0.2) is 0 Å². The maximum atomic E-state index is 16.2. The first-order valence-electron chi connectivity index (χ1n) is 18.1. The van der Waals surface area contributed by atoms with E-state index in [2.05, 4.69) is 83.2 Å². The summed E-state index contributed by atoms with van der Waals surface area (Å²) in [6.45, 7) is 4.85. The molecule has 4 nitrogen and oxygen atoms in total. The van der Waals surface area contributed by atoms with Crippen LogP contribution in [0.1, 0.15) is 92.6 Å². The molecule has 3 aromatic carbocycles. The highest BCUT2D eigenvalue weighted by Gasteiger charge is 2.82. The van der Waals surface area contributed by atoms with Crippen LogP contribution in [0.5, 0.6) is 0 Å². The molecule has 0 radical (unpaired) electrons. The Hall–Kier alpha value is -1.99. The highest BCUT2D eigenvalue weighted by Crippen LogP contribution is 2.78. The van der Waals surface area contributed by atoms with Gasteiger partial charge in [0, 0.05) is 39.0 Å². The average molecular weight is 711 g/mol. The first-order valence-corrected chi connectivity index (χ1v) is 20.0. The SMILES string of the molecule is C[C@]12CC[C@H](O)C[C@@H]1CC[C@@H]1[C@@H]2CC[C@]2(C)C(=O)[C@]3(C[C@@H]12)[C@@H](c1ccc(Br)cc1)[C@@H]1CSCN1[C@@]31C(=O)c2cccc3cccc1c23. The number of nitrogens with zero attached hydrogens (tertiary/aromatic N) is 1. The average Bonchev–Trinajstić information content (AvgIpc) is 3.77. The molecule has 2 aliphatic heterocycles. The van der Waals surface area contributed by atoms with Crippen LogP contribution < -0.4 is 0 Å². The monoisotopic (exact) mass is 709 g/mol. The van der Waals surface area contributed by atoms with Crippen LogP contribution in [0.25, 0.3) is 10.8 Å². The number of ketones is 2. The van der Waals surface area contributed by atoms with Crippen LogP contribution in [0, 0.1) is 39.9 Å². The molecule has 0 bridgehead atoms. The van der Waals surface area contributed by atoms with E-state index in [0.717, 1.165) is 89.4 Å². The molecule has 11 atom stereocenters. The number of rotatable bonds is 1. The second-order valence-electron chi connectivity index (χ2n) is 16.9. The van der Waals surface area contributed by atoms with Crippen molar-refractivity contribution < 1.29 is 14.7 Å². The summed E-state index contributed by atoms with van der Waals surface area (Å²) in [5.41, 5.74) is 1.05. The Balaban J connectivity index is 1.21. The molecule has 2 saturated heterocycles. The van der Waals surface area contributed by atoms with Gasteiger partial charge in [-0.1, -0.05) is 78.3 Å². The molecule has 4 saturated carbocycles. The maximum absolute atomic E-state index is 16.2. The van der Waals surface area contributed by atoms with Gasteiger partial charge in [-0.3, -0.25) is 14.5 Å². The molecule has 0 aromatic heterocycles. The lowest BCUT2D eigenvalue weighted by Gasteiger charge is -2.60. The highest BCUT2D eigenvalue weighted by molar-refractivity contribution is 9.10. The molecule has 244 valence electrons. The van der Waals surface area contributed by atoms with Gasteiger partial charge in [-0.15, -0.1) is 11.8 Å². The van der Waals surface area contributed by atoms with E-state index >= 15 is 9.59 Å². The summed E-state index contributed by atoms with van der Waals surface area (Å²) in [6.07, 6.45) is 7.86. The molecular weight excluding hydrogens is 666 g/mol. The Morgan fingerprint density at radius 1 is 0.915 bits per heavy atom. The number of halogens is 1. The molecule has 6 heteroatoms. The summed E-state index contributed by atoms with van der Waals surface area (Å²) < 4.78 is 1.04. The van der Waals surface area contributed by atoms with Gasteiger partial charge in [0.1, 0.15) is 11.3 Å². The first kappa shape index (κ1) is 29.9. The normalized spacial score (nSPS) is 45.1. The van der Waals surface area contributed by atoms with Crippen molar-refractivity contribution in [2.24, 2.45) is 39.9 Å². The zero-order valence-corrected chi connectivity index (χ0v) is 29.8. The third kappa shape index (κ3) is 3.41. The summed E-state index contributed by atoms with van der Waals surface area (Å²) in [7, 11) is 0. The molecule has 0 amide bonds. The molecule has 3 aromatic rings. The minimum absolute atomic E-state index is 0.0516. The van der Waals surface area contributed by atoms with Crippen molar-refractivity contribution >= 4 is 50.0 Å². The Kier molecular flexibility index (Phi) is 6.25. The molecule has 5 aliphatic carbocycles. The number of hydrogen-bond acceptors (Lipinski definition) is 5. The Morgan fingerprint density at radius 3 is 2.51 bits per heavy atom. The number of thioether (sulfide) groups is 1. The third-order valence-corrected chi connectivity index (χ3v) is 17.1. The van der Waals surface area contributed by atoms with Crippen molar-refractivity contribution in [2.45, 2.75) is 88.8 Å². The van der Waals surface area contributed by atoms with E-state index in [9.17, 15) is 5.11 Å². The van der Waals surface area contributed by atoms with Crippen LogP contribution in [0.2, 0.25) is 0 Å². The van der Waals surface area contributed by atoms with Gasteiger partial charge < -0.3 is 5.11 Å². The quantitative estimate of drug-likeness (QED) is 0.274. The highest BCUT2D eigenvalue weighted by atomic mass is 79.9. The van der Waals surface area contributed by atoms with E-state index in [1.807, 2.05) is 23.9 Å². The standard InChI is InChI=1S/C41H44BrNO3S/c1-38-17-15-27(44)19-25(38)11-14-28-30(38)16-18-39(2)32(28)20-40(37(39)46)35(24-9-12-26(42)13-10-24)33-21-47-22-43(33)41(40)31-8-4-6-23-5-3-7-29(34(23)31)36(41)45/h3-10,12-13,25,27-28,30,32-33,35,44H,11,14-22H2,1-2H3/t25-,27-,28+,30-,32-,33-,35-,38-,39-,40-,41-/m0/s1. The number of carbonyl (C=O) groups excluding carboxylic acids is 2. The fraction of sp³-hybridized carbons (Fsp3) is 0.561. The van der Waals surface area contributed by atoms with E-state index in [-0.39, 0.29) is 35.2 Å². The molecule has 2 spiro atoms. The number of aliphatic hydroxyl groups excluding tert-OH is 1. The third-order valence-electron chi connectivity index (χ3n) is 15.5. The number of benzene rings is 3. The summed E-state index contributed by atoms with van der Waals surface area (Å²) in [5, 5.41) is 12.8. The summed E-state index contributed by atoms with van der Waals surface area (Å²) >= 11 is 5.62. The van der Waals surface area contributed by atoms with Crippen LogP contribution in [-0.4, -0.2) is 45.3 Å². The van der Waals surface area contributed by atoms with Crippen LogP contribution in [0.4, 0.5) is 0 Å². The van der Waals surface area contributed by atoms with Crippen LogP contribution in [0.15, 0.2) is 65.1 Å². The lowest BCUT2D eigenvalue weighted by Crippen LogP contribution is -2.58. The van der Waals surface area contributed by atoms with E-state index in [1.165, 1.54) is 5.56 Å². The van der Waals surface area contributed by atoms with Crippen LogP contribution in [-0.2, 0) is 10.3 Å². The molecule has 2 heterocycles. The predicted molar refractivity (Wildman–Crippen MR) is 190 cm³/mol. The lowest BCUT2D eigenvalue weighted by molar-refractivity contribution is -0.146. The number of carbonyl (C=O) groups is 2. The van der Waals surface area contributed by atoms with Crippen molar-refractivity contribution in [3.8, 4) is 0 Å². The van der Waals surface area contributed by atoms with Gasteiger partial charge in [0.15, 0.2) is 5.78 Å².